The van der Waals surface area contributed by atoms with Gasteiger partial charge in [-0.05, 0) is 157 Å². The number of hydrogen-bond acceptors (Lipinski definition) is 15. The summed E-state index contributed by atoms with van der Waals surface area (Å²) in [5, 5.41) is 40.5. The Balaban J connectivity index is 0.00000784. The summed E-state index contributed by atoms with van der Waals surface area (Å²) in [6, 6.07) is 36.7. The average Bonchev–Trinajstić information content (AvgIpc) is 1.72. The number of fused-ring (bicyclic) bond motifs is 20. The number of allylic oxidation sites excluding steroid dienone is 2. The van der Waals surface area contributed by atoms with Crippen LogP contribution in [0.15, 0.2) is 138 Å². The topological polar surface area (TPSA) is 314 Å². The first-order chi connectivity index (χ1) is 41.7. The smallest absolute Gasteiger partial charge is 0.508 e. The van der Waals surface area contributed by atoms with E-state index < -0.39 is 16.8 Å². The predicted octanol–water partition coefficient (Wildman–Crippen LogP) is 10.6. The van der Waals surface area contributed by atoms with E-state index in [9.17, 15) is 43.4 Å². The Morgan fingerprint density at radius 2 is 1.03 bits per heavy atom. The number of benzene rings is 6. The number of unbranched alkanes of at least 4 members (excludes halogenated alkanes) is 3. The molecule has 0 fully saturated rings. The summed E-state index contributed by atoms with van der Waals surface area (Å²) in [6.07, 6.45) is 7.60. The normalized spacial score (nSPS) is 12.5. The summed E-state index contributed by atoms with van der Waals surface area (Å²) >= 11 is 0. The number of para-hydroxylation sites is 2. The van der Waals surface area contributed by atoms with Crippen molar-refractivity contribution in [1.82, 2.24) is 55.8 Å². The molecule has 5 heterocycles. The molecular weight excluding hydrogens is 1170 g/mol. The molecule has 3 amide bonds. The largest absolute Gasteiger partial charge is 2.00 e. The Morgan fingerprint density at radius 1 is 0.483 bits per heavy atom. The van der Waals surface area contributed by atoms with Crippen molar-refractivity contribution in [2.75, 3.05) is 19.6 Å². The number of rotatable bonds is 19. The Kier molecular flexibility index (Phi) is 17.6. The van der Waals surface area contributed by atoms with Crippen molar-refractivity contribution >= 4 is 62.0 Å². The van der Waals surface area contributed by atoms with Gasteiger partial charge >= 0.3 is 17.1 Å². The SMILES string of the molecule is O=C(NCCCCc1cccc(O)c1)c1ccc2c3nc4nc(nc5[n-]c(nc6nc(nc([n-]3)c2c1)-c1c(C(=O)NCCCCc2ccccc2O)cccc1-6)c1c5CC(S(O)(O)O)=CC1)-c1ccc(C(=O)NCCCCc2ccccc2O)cc1-4.[Cu+2]. The van der Waals surface area contributed by atoms with Crippen molar-refractivity contribution in [3.05, 3.63) is 183 Å². The Bertz CT molecular complexity index is 4370. The molecule has 3 aromatic heterocycles. The monoisotopic (exact) mass is 1230 g/mol. The van der Waals surface area contributed by atoms with Crippen LogP contribution in [0.25, 0.3) is 78.9 Å². The number of hydrogen-bond donors (Lipinski definition) is 9. The summed E-state index contributed by atoms with van der Waals surface area (Å²) in [7, 11) is -4.13. The fraction of sp³-hybridized carbons (Fsp3) is 0.215. The van der Waals surface area contributed by atoms with Gasteiger partial charge in [0.15, 0.2) is 0 Å². The minimum Gasteiger partial charge on any atom is -0.508 e. The molecule has 0 spiro atoms. The van der Waals surface area contributed by atoms with Crippen LogP contribution in [0.3, 0.4) is 0 Å². The van der Waals surface area contributed by atoms with Crippen molar-refractivity contribution in [3.8, 4) is 62.8 Å². The molecule has 20 nitrogen and oxygen atoms in total. The van der Waals surface area contributed by atoms with Gasteiger partial charge in [0.2, 0.25) is 0 Å². The molecule has 0 saturated carbocycles. The van der Waals surface area contributed by atoms with Crippen LogP contribution in [0.2, 0.25) is 0 Å². The van der Waals surface area contributed by atoms with Crippen molar-refractivity contribution in [2.24, 2.45) is 0 Å². The van der Waals surface area contributed by atoms with E-state index in [0.29, 0.717) is 113 Å². The average molecular weight is 1230 g/mol. The van der Waals surface area contributed by atoms with Gasteiger partial charge in [0, 0.05) is 92.5 Å². The molecule has 9 aromatic rings. The van der Waals surface area contributed by atoms with Crippen LogP contribution in [-0.4, -0.2) is 96.2 Å². The zero-order chi connectivity index (χ0) is 59.5. The van der Waals surface area contributed by atoms with Crippen LogP contribution >= 0.6 is 10.9 Å². The Labute approximate surface area is 511 Å². The Hall–Kier alpha value is -9.28. The van der Waals surface area contributed by atoms with Gasteiger partial charge in [0.05, 0.1) is 23.3 Å². The van der Waals surface area contributed by atoms with Gasteiger partial charge in [0.25, 0.3) is 17.7 Å². The summed E-state index contributed by atoms with van der Waals surface area (Å²) in [5.41, 5.74) is 6.89. The van der Waals surface area contributed by atoms with Gasteiger partial charge < -0.3 is 74.8 Å². The summed E-state index contributed by atoms with van der Waals surface area (Å²) in [4.78, 5) is 82.4. The van der Waals surface area contributed by atoms with Gasteiger partial charge in [-0.3, -0.25) is 14.4 Å². The number of carbonyl (C=O) groups is 3. The summed E-state index contributed by atoms with van der Waals surface area (Å²) in [6.45, 7) is 1.09. The van der Waals surface area contributed by atoms with Crippen LogP contribution < -0.4 is 25.9 Å². The molecule has 0 atom stereocenters. The maximum absolute atomic E-state index is 14.4. The third-order valence-corrected chi connectivity index (χ3v) is 16.5. The predicted molar refractivity (Wildman–Crippen MR) is 328 cm³/mol. The van der Waals surface area contributed by atoms with E-state index in [-0.39, 0.29) is 115 Å². The molecule has 2 aliphatic heterocycles. The first-order valence-corrected chi connectivity index (χ1v) is 29.9. The quantitative estimate of drug-likeness (QED) is 0.0268. The van der Waals surface area contributed by atoms with Crippen molar-refractivity contribution < 1.29 is 60.4 Å². The number of nitrogens with one attached hydrogen (secondary N) is 3. The van der Waals surface area contributed by atoms with E-state index in [0.717, 1.165) is 36.0 Å². The molecule has 8 bridgehead atoms. The van der Waals surface area contributed by atoms with E-state index in [1.54, 1.807) is 97.1 Å². The maximum atomic E-state index is 14.4. The molecule has 9 N–H and O–H groups in total. The molecule has 87 heavy (non-hydrogen) atoms. The molecule has 3 aliphatic rings. The van der Waals surface area contributed by atoms with Crippen LogP contribution in [-0.2, 0) is 49.2 Å². The van der Waals surface area contributed by atoms with Gasteiger partial charge in [0.1, 0.15) is 28.1 Å². The van der Waals surface area contributed by atoms with E-state index in [4.69, 9.17) is 39.9 Å². The van der Waals surface area contributed by atoms with Crippen molar-refractivity contribution in [1.29, 1.82) is 0 Å². The molecule has 1 radical (unpaired) electrons. The zero-order valence-electron chi connectivity index (χ0n) is 46.8. The van der Waals surface area contributed by atoms with Crippen LogP contribution in [0, 0.1) is 0 Å². The molecule has 0 unspecified atom stereocenters. The van der Waals surface area contributed by atoms with Crippen LogP contribution in [0.4, 0.5) is 0 Å². The third-order valence-electron chi connectivity index (χ3n) is 15.5. The van der Waals surface area contributed by atoms with E-state index >= 15 is 0 Å². The zero-order valence-corrected chi connectivity index (χ0v) is 48.6. The van der Waals surface area contributed by atoms with E-state index in [2.05, 4.69) is 16.0 Å². The summed E-state index contributed by atoms with van der Waals surface area (Å²) in [5.74, 6) is 0.107. The molecule has 22 heteroatoms. The molecule has 12 rings (SSSR count). The standard InChI is InChI=1S/C65H61N11O9S.Cu/c77-42-19-11-14-37(33-42)13-5-8-30-66-63(80)41-25-28-45-50(35-41)60-72-55(45)70-59-49-34-40(64(81)67-31-9-6-17-38-15-1-3-22-52(38)78)24-27-44(49)56(71-59)73-61-51-36-43(86(83,84)85)26-29-46(51)57(74-61)69-58-47-20-12-21-48(54(47)62(75-58)76-60)65(82)68-32-10-7-18-39-16-2-4-23-53(39)79;/h1-4,11-12,14-16,19-28,33-35H,5-10,13,17-18,29-32,36H2,(H11,66,67,68,69,70,71,72,73,74,75,76,77,78,79,80,81,82,83,84,85);/q;+2/p-2. The molecule has 6 aromatic carbocycles. The van der Waals surface area contributed by atoms with Crippen molar-refractivity contribution in [2.45, 2.75) is 70.6 Å². The number of phenolic OH excluding ortho intramolecular Hbond substituents is 3. The molecule has 0 saturated heterocycles. The second-order valence-corrected chi connectivity index (χ2v) is 22.9. The minimum atomic E-state index is -4.13. The molecular formula is C65H59CuN11O9S. The fourth-order valence-electron chi connectivity index (χ4n) is 11.0. The summed E-state index contributed by atoms with van der Waals surface area (Å²) < 4.78 is 31.5. The van der Waals surface area contributed by atoms with Crippen LogP contribution in [0.5, 0.6) is 17.2 Å². The van der Waals surface area contributed by atoms with Gasteiger partial charge in [-0.15, -0.1) is 0 Å². The first kappa shape index (κ1) is 59.4. The maximum Gasteiger partial charge on any atom is 2.00 e. The number of nitrogens with zero attached hydrogens (tertiary/aromatic N) is 8. The third kappa shape index (κ3) is 13.0. The second-order valence-electron chi connectivity index (χ2n) is 21.3. The van der Waals surface area contributed by atoms with E-state index in [1.165, 1.54) is 6.08 Å². The number of carbonyl (C=O) groups excluding carboxylic acids is 3. The number of aromatic nitrogens is 8. The molecule has 445 valence electrons. The second kappa shape index (κ2) is 25.7. The van der Waals surface area contributed by atoms with Gasteiger partial charge in [-0.1, -0.05) is 78.9 Å². The van der Waals surface area contributed by atoms with Gasteiger partial charge in [-0.2, -0.15) is 0 Å². The number of amides is 3. The fourth-order valence-corrected chi connectivity index (χ4v) is 11.7. The number of aryl methyl sites for hydroxylation is 3. The van der Waals surface area contributed by atoms with Gasteiger partial charge in [-0.25, -0.2) is 9.97 Å². The number of aromatic hydroxyl groups is 3. The van der Waals surface area contributed by atoms with E-state index in [1.807, 2.05) is 30.3 Å². The van der Waals surface area contributed by atoms with Crippen molar-refractivity contribution in [3.63, 3.8) is 0 Å². The first-order valence-electron chi connectivity index (χ1n) is 28.4. The Morgan fingerprint density at radius 3 is 1.71 bits per heavy atom. The number of phenols is 3. The van der Waals surface area contributed by atoms with Crippen LogP contribution in [0.1, 0.15) is 97.4 Å². The minimum absolute atomic E-state index is 0. The molecule has 1 aliphatic carbocycles.